The molecule has 1 amide bonds. The Hall–Kier alpha value is -2.98. The number of benzene rings is 2. The van der Waals surface area contributed by atoms with Gasteiger partial charge in [0.1, 0.15) is 11.0 Å². The van der Waals surface area contributed by atoms with Crippen LogP contribution in [0.25, 0.3) is 11.0 Å². The van der Waals surface area contributed by atoms with Gasteiger partial charge < -0.3 is 10.2 Å². The van der Waals surface area contributed by atoms with Gasteiger partial charge in [0.15, 0.2) is 6.61 Å². The predicted octanol–water partition coefficient (Wildman–Crippen LogP) is 1.31. The number of nitrogens with one attached hydrogen (secondary N) is 1. The largest absolute Gasteiger partial charge is 0.385 e. The van der Waals surface area contributed by atoms with E-state index in [1.807, 2.05) is 24.3 Å². The molecule has 0 aliphatic heterocycles. The van der Waals surface area contributed by atoms with Gasteiger partial charge in [-0.05, 0) is 47.5 Å². The van der Waals surface area contributed by atoms with Crippen molar-refractivity contribution < 1.29 is 18.0 Å². The maximum absolute atomic E-state index is 12.3. The number of fused-ring (bicyclic) bond motifs is 1. The summed E-state index contributed by atoms with van der Waals surface area (Å²) in [6.45, 7) is 1.75. The van der Waals surface area contributed by atoms with Gasteiger partial charge in [-0.2, -0.15) is 0 Å². The number of carbonyl (C=O) groups is 1. The lowest BCUT2D eigenvalue weighted by Gasteiger charge is -2.11. The fraction of sp³-hybridized carbons (Fsp3) is 0.278. The summed E-state index contributed by atoms with van der Waals surface area (Å²) in [6, 6.07) is 11.9. The number of carbonyl (C=O) groups excluding carboxylic acids is 1. The number of amides is 1. The maximum Gasteiger partial charge on any atom is 0.265 e. The van der Waals surface area contributed by atoms with Gasteiger partial charge >= 0.3 is 0 Å². The molecule has 1 aromatic heterocycles. The second-order valence-electron chi connectivity index (χ2n) is 6.27. The molecular formula is C18H21N5O4S. The fourth-order valence-corrected chi connectivity index (χ4v) is 3.41. The van der Waals surface area contributed by atoms with Crippen molar-refractivity contribution in [2.45, 2.75) is 18.2 Å². The van der Waals surface area contributed by atoms with Crippen molar-refractivity contribution in [3.05, 3.63) is 48.0 Å². The highest BCUT2D eigenvalue weighted by atomic mass is 32.2. The maximum atomic E-state index is 12.3. The standard InChI is InChI=1S/C18H21N5O4S/c1-4-13-5-7-14(8-6-13)19-18(24)12-27-23-17-11-15(28(25,26)22(2)3)9-10-16(17)20-21-23/h5-11H,4,12H2,1-3H3,(H,19,24). The highest BCUT2D eigenvalue weighted by Gasteiger charge is 2.19. The highest BCUT2D eigenvalue weighted by molar-refractivity contribution is 7.89. The van der Waals surface area contributed by atoms with Gasteiger partial charge in [0.2, 0.25) is 10.0 Å². The molecule has 9 nitrogen and oxygen atoms in total. The lowest BCUT2D eigenvalue weighted by molar-refractivity contribution is -0.121. The number of aromatic nitrogens is 3. The van der Waals surface area contributed by atoms with E-state index >= 15 is 0 Å². The molecular weight excluding hydrogens is 382 g/mol. The topological polar surface area (TPSA) is 106 Å². The van der Waals surface area contributed by atoms with Gasteiger partial charge in [-0.3, -0.25) is 4.79 Å². The second kappa shape index (κ2) is 7.95. The predicted molar refractivity (Wildman–Crippen MR) is 104 cm³/mol. The van der Waals surface area contributed by atoms with Crippen LogP contribution < -0.4 is 10.2 Å². The SMILES string of the molecule is CCc1ccc(NC(=O)COn2nnc3ccc(S(=O)(=O)N(C)C)cc32)cc1. The zero-order valence-electron chi connectivity index (χ0n) is 15.8. The molecule has 0 aliphatic carbocycles. The van der Waals surface area contributed by atoms with Crippen molar-refractivity contribution in [1.82, 2.24) is 19.5 Å². The Morgan fingerprint density at radius 1 is 1.18 bits per heavy atom. The number of anilines is 1. The summed E-state index contributed by atoms with van der Waals surface area (Å²) in [4.78, 5) is 18.6. The van der Waals surface area contributed by atoms with Crippen LogP contribution in [0.2, 0.25) is 0 Å². The third kappa shape index (κ3) is 4.12. The number of rotatable bonds is 7. The minimum atomic E-state index is -3.61. The van der Waals surface area contributed by atoms with Gasteiger partial charge in [0.25, 0.3) is 5.91 Å². The van der Waals surface area contributed by atoms with Gasteiger partial charge in [-0.25, -0.2) is 12.7 Å². The quantitative estimate of drug-likeness (QED) is 0.638. The summed E-state index contributed by atoms with van der Waals surface area (Å²) in [5, 5.41) is 10.5. The van der Waals surface area contributed by atoms with Crippen LogP contribution in [0.5, 0.6) is 0 Å². The molecule has 0 spiro atoms. The van der Waals surface area contributed by atoms with Crippen molar-refractivity contribution in [2.75, 3.05) is 26.0 Å². The molecule has 1 N–H and O–H groups in total. The first-order chi connectivity index (χ1) is 13.3. The monoisotopic (exact) mass is 403 g/mol. The third-order valence-electron chi connectivity index (χ3n) is 4.13. The molecule has 0 radical (unpaired) electrons. The molecule has 0 unspecified atom stereocenters. The molecule has 148 valence electrons. The van der Waals surface area contributed by atoms with Crippen LogP contribution in [0.1, 0.15) is 12.5 Å². The zero-order valence-corrected chi connectivity index (χ0v) is 16.6. The Morgan fingerprint density at radius 2 is 1.89 bits per heavy atom. The average molecular weight is 403 g/mol. The summed E-state index contributed by atoms with van der Waals surface area (Å²) in [7, 11) is -0.716. The number of aryl methyl sites for hydroxylation is 1. The van der Waals surface area contributed by atoms with Crippen molar-refractivity contribution in [3.8, 4) is 0 Å². The fourth-order valence-electron chi connectivity index (χ4n) is 2.49. The Bertz CT molecular complexity index is 1090. The molecule has 1 heterocycles. The molecule has 3 aromatic rings. The summed E-state index contributed by atoms with van der Waals surface area (Å²) in [5.74, 6) is -0.370. The van der Waals surface area contributed by atoms with Crippen LogP contribution in [-0.2, 0) is 21.2 Å². The Kier molecular flexibility index (Phi) is 5.61. The number of sulfonamides is 1. The van der Waals surface area contributed by atoms with Crippen molar-refractivity contribution in [1.29, 1.82) is 0 Å². The molecule has 0 aliphatic rings. The molecule has 0 saturated carbocycles. The first kappa shape index (κ1) is 19.8. The summed E-state index contributed by atoms with van der Waals surface area (Å²) in [5.41, 5.74) is 2.64. The Labute approximate surface area is 162 Å². The summed E-state index contributed by atoms with van der Waals surface area (Å²) in [6.07, 6.45) is 0.919. The average Bonchev–Trinajstić information content (AvgIpc) is 3.09. The molecule has 2 aromatic carbocycles. The van der Waals surface area contributed by atoms with E-state index < -0.39 is 10.0 Å². The third-order valence-corrected chi connectivity index (χ3v) is 5.94. The zero-order chi connectivity index (χ0) is 20.3. The van der Waals surface area contributed by atoms with Crippen LogP contribution in [0.15, 0.2) is 47.4 Å². The van der Waals surface area contributed by atoms with Crippen molar-refractivity contribution in [3.63, 3.8) is 0 Å². The number of nitrogens with zero attached hydrogens (tertiary/aromatic N) is 4. The first-order valence-electron chi connectivity index (χ1n) is 8.61. The van der Waals surface area contributed by atoms with Gasteiger partial charge in [0.05, 0.1) is 4.90 Å². The molecule has 0 bridgehead atoms. The van der Waals surface area contributed by atoms with E-state index in [2.05, 4.69) is 22.6 Å². The van der Waals surface area contributed by atoms with E-state index in [1.165, 1.54) is 37.9 Å². The van der Waals surface area contributed by atoms with Crippen LogP contribution >= 0.6 is 0 Å². The Morgan fingerprint density at radius 3 is 2.54 bits per heavy atom. The molecule has 28 heavy (non-hydrogen) atoms. The first-order valence-corrected chi connectivity index (χ1v) is 10.1. The van der Waals surface area contributed by atoms with E-state index in [0.717, 1.165) is 15.6 Å². The van der Waals surface area contributed by atoms with Crippen molar-refractivity contribution >= 4 is 32.7 Å². The number of hydrogen-bond acceptors (Lipinski definition) is 6. The molecule has 0 fully saturated rings. The Balaban J connectivity index is 1.72. The molecule has 0 atom stereocenters. The van der Waals surface area contributed by atoms with E-state index in [4.69, 9.17) is 4.84 Å². The van der Waals surface area contributed by atoms with Crippen LogP contribution in [0.3, 0.4) is 0 Å². The second-order valence-corrected chi connectivity index (χ2v) is 8.42. The lowest BCUT2D eigenvalue weighted by atomic mass is 10.1. The van der Waals surface area contributed by atoms with Crippen molar-refractivity contribution in [2.24, 2.45) is 0 Å². The lowest BCUT2D eigenvalue weighted by Crippen LogP contribution is -2.26. The number of hydrogen-bond donors (Lipinski definition) is 1. The minimum absolute atomic E-state index is 0.0811. The van der Waals surface area contributed by atoms with E-state index in [0.29, 0.717) is 16.7 Å². The van der Waals surface area contributed by atoms with E-state index in [9.17, 15) is 13.2 Å². The van der Waals surface area contributed by atoms with Crippen LogP contribution in [-0.4, -0.2) is 54.5 Å². The molecule has 3 rings (SSSR count). The summed E-state index contributed by atoms with van der Waals surface area (Å²) >= 11 is 0. The smallest absolute Gasteiger partial charge is 0.265 e. The van der Waals surface area contributed by atoms with Gasteiger partial charge in [-0.1, -0.05) is 23.9 Å². The van der Waals surface area contributed by atoms with Crippen LogP contribution in [0, 0.1) is 0 Å². The summed E-state index contributed by atoms with van der Waals surface area (Å²) < 4.78 is 25.7. The normalized spacial score (nSPS) is 11.7. The van der Waals surface area contributed by atoms with E-state index in [-0.39, 0.29) is 17.4 Å². The molecule has 0 saturated heterocycles. The minimum Gasteiger partial charge on any atom is -0.385 e. The molecule has 10 heteroatoms. The highest BCUT2D eigenvalue weighted by Crippen LogP contribution is 2.19. The van der Waals surface area contributed by atoms with Gasteiger partial charge in [0, 0.05) is 19.8 Å². The van der Waals surface area contributed by atoms with Crippen LogP contribution in [0.4, 0.5) is 5.69 Å². The van der Waals surface area contributed by atoms with Gasteiger partial charge in [-0.15, -0.1) is 5.10 Å². The van der Waals surface area contributed by atoms with E-state index in [1.54, 1.807) is 0 Å².